The van der Waals surface area contributed by atoms with Crippen molar-refractivity contribution in [1.29, 1.82) is 0 Å². The summed E-state index contributed by atoms with van der Waals surface area (Å²) in [7, 11) is 2.03. The Balaban J connectivity index is 2.21. The predicted octanol–water partition coefficient (Wildman–Crippen LogP) is 1.19. The van der Waals surface area contributed by atoms with E-state index in [1.54, 1.807) is 0 Å². The van der Waals surface area contributed by atoms with Crippen molar-refractivity contribution in [1.82, 2.24) is 14.7 Å². The summed E-state index contributed by atoms with van der Waals surface area (Å²) < 4.78 is 2.01. The van der Waals surface area contributed by atoms with Gasteiger partial charge in [0.25, 0.3) is 0 Å². The minimum Gasteiger partial charge on any atom is -0.296 e. The van der Waals surface area contributed by atoms with Crippen molar-refractivity contribution in [2.24, 2.45) is 7.05 Å². The van der Waals surface area contributed by atoms with Crippen LogP contribution in [0.4, 0.5) is 0 Å². The molecule has 3 heteroatoms. The molecular formula is C10H17N3. The highest BCUT2D eigenvalue weighted by Gasteiger charge is 2.20. The topological polar surface area (TPSA) is 21.1 Å². The van der Waals surface area contributed by atoms with Crippen molar-refractivity contribution < 1.29 is 0 Å². The van der Waals surface area contributed by atoms with Crippen LogP contribution in [0.25, 0.3) is 0 Å². The summed E-state index contributed by atoms with van der Waals surface area (Å²) in [6.45, 7) is 6.74. The maximum Gasteiger partial charge on any atom is 0.0537 e. The number of hydrogen-bond acceptors (Lipinski definition) is 2. The van der Waals surface area contributed by atoms with Crippen LogP contribution < -0.4 is 0 Å². The summed E-state index contributed by atoms with van der Waals surface area (Å²) in [5.74, 6) is 0. The number of rotatable bonds is 1. The number of aromatic nitrogens is 2. The highest BCUT2D eigenvalue weighted by atomic mass is 15.3. The third kappa shape index (κ3) is 1.48. The Bertz CT molecular complexity index is 301. The lowest BCUT2D eigenvalue weighted by atomic mass is 10.1. The lowest BCUT2D eigenvalue weighted by Gasteiger charge is -2.30. The normalized spacial score (nSPS) is 17.8. The maximum absolute atomic E-state index is 4.28. The first kappa shape index (κ1) is 8.75. The van der Waals surface area contributed by atoms with E-state index in [0.717, 1.165) is 13.0 Å². The second-order valence-electron chi connectivity index (χ2n) is 4.05. The molecule has 2 rings (SSSR count). The molecule has 0 saturated heterocycles. The van der Waals surface area contributed by atoms with Crippen molar-refractivity contribution in [3.8, 4) is 0 Å². The Morgan fingerprint density at radius 2 is 2.23 bits per heavy atom. The molecule has 0 spiro atoms. The number of aryl methyl sites for hydroxylation is 1. The standard InChI is InChI=1S/C10H17N3/c1-8(2)13-5-4-10-9(7-13)6-11-12(10)3/h6,8H,4-5,7H2,1-3H3. The SMILES string of the molecule is CC(C)N1CCc2c(cnn2C)C1. The summed E-state index contributed by atoms with van der Waals surface area (Å²) in [5, 5.41) is 4.28. The average molecular weight is 179 g/mol. The van der Waals surface area contributed by atoms with Gasteiger partial charge in [0.2, 0.25) is 0 Å². The van der Waals surface area contributed by atoms with Gasteiger partial charge in [-0.2, -0.15) is 5.10 Å². The predicted molar refractivity (Wildman–Crippen MR) is 52.5 cm³/mol. The Kier molecular flexibility index (Phi) is 2.12. The van der Waals surface area contributed by atoms with Crippen LogP contribution >= 0.6 is 0 Å². The molecule has 0 N–H and O–H groups in total. The van der Waals surface area contributed by atoms with Gasteiger partial charge in [0.15, 0.2) is 0 Å². The zero-order valence-electron chi connectivity index (χ0n) is 8.62. The zero-order valence-corrected chi connectivity index (χ0v) is 8.62. The second-order valence-corrected chi connectivity index (χ2v) is 4.05. The monoisotopic (exact) mass is 179 g/mol. The Labute approximate surface area is 79.3 Å². The zero-order chi connectivity index (χ0) is 9.42. The average Bonchev–Trinajstić information content (AvgIpc) is 2.47. The fourth-order valence-electron chi connectivity index (χ4n) is 1.95. The second kappa shape index (κ2) is 3.14. The van der Waals surface area contributed by atoms with E-state index in [2.05, 4.69) is 23.8 Å². The molecule has 1 aliphatic rings. The van der Waals surface area contributed by atoms with Crippen LogP contribution in [-0.4, -0.2) is 27.3 Å². The molecular weight excluding hydrogens is 162 g/mol. The molecule has 0 aliphatic carbocycles. The van der Waals surface area contributed by atoms with Gasteiger partial charge in [-0.25, -0.2) is 0 Å². The van der Waals surface area contributed by atoms with Crippen LogP contribution in [0.15, 0.2) is 6.20 Å². The molecule has 3 nitrogen and oxygen atoms in total. The highest BCUT2D eigenvalue weighted by Crippen LogP contribution is 2.19. The fraction of sp³-hybridized carbons (Fsp3) is 0.700. The third-order valence-electron chi connectivity index (χ3n) is 2.89. The summed E-state index contributed by atoms with van der Waals surface area (Å²) in [6, 6.07) is 0.647. The number of hydrogen-bond donors (Lipinski definition) is 0. The quantitative estimate of drug-likeness (QED) is 0.645. The van der Waals surface area contributed by atoms with Gasteiger partial charge in [0.05, 0.1) is 6.20 Å². The van der Waals surface area contributed by atoms with E-state index in [1.165, 1.54) is 17.8 Å². The fourth-order valence-corrected chi connectivity index (χ4v) is 1.95. The van der Waals surface area contributed by atoms with E-state index in [-0.39, 0.29) is 0 Å². The van der Waals surface area contributed by atoms with E-state index in [1.807, 2.05) is 17.9 Å². The molecule has 0 amide bonds. The van der Waals surface area contributed by atoms with Crippen LogP contribution in [0.2, 0.25) is 0 Å². The molecule has 0 aromatic carbocycles. The van der Waals surface area contributed by atoms with Gasteiger partial charge in [-0.1, -0.05) is 0 Å². The van der Waals surface area contributed by atoms with Crippen LogP contribution in [0.1, 0.15) is 25.1 Å². The first-order valence-electron chi connectivity index (χ1n) is 4.92. The molecule has 0 fully saturated rings. The first-order chi connectivity index (χ1) is 6.18. The van der Waals surface area contributed by atoms with Crippen molar-refractivity contribution in [2.45, 2.75) is 32.9 Å². The van der Waals surface area contributed by atoms with Gasteiger partial charge >= 0.3 is 0 Å². The summed E-state index contributed by atoms with van der Waals surface area (Å²) in [4.78, 5) is 2.49. The lowest BCUT2D eigenvalue weighted by molar-refractivity contribution is 0.201. The molecule has 0 unspecified atom stereocenters. The molecule has 0 bridgehead atoms. The molecule has 1 aromatic heterocycles. The number of fused-ring (bicyclic) bond motifs is 1. The molecule has 13 heavy (non-hydrogen) atoms. The Morgan fingerprint density at radius 3 is 2.92 bits per heavy atom. The third-order valence-corrected chi connectivity index (χ3v) is 2.89. The van der Waals surface area contributed by atoms with E-state index in [4.69, 9.17) is 0 Å². The molecule has 0 atom stereocenters. The molecule has 0 radical (unpaired) electrons. The lowest BCUT2D eigenvalue weighted by Crippen LogP contribution is -2.36. The van der Waals surface area contributed by atoms with E-state index in [0.29, 0.717) is 6.04 Å². The van der Waals surface area contributed by atoms with E-state index < -0.39 is 0 Å². The number of nitrogens with zero attached hydrogens (tertiary/aromatic N) is 3. The van der Waals surface area contributed by atoms with Gasteiger partial charge in [-0.15, -0.1) is 0 Å². The maximum atomic E-state index is 4.28. The van der Waals surface area contributed by atoms with Gasteiger partial charge in [-0.3, -0.25) is 9.58 Å². The van der Waals surface area contributed by atoms with Crippen molar-refractivity contribution in [3.05, 3.63) is 17.5 Å². The van der Waals surface area contributed by atoms with Crippen molar-refractivity contribution in [2.75, 3.05) is 6.54 Å². The first-order valence-corrected chi connectivity index (χ1v) is 4.92. The van der Waals surface area contributed by atoms with E-state index in [9.17, 15) is 0 Å². The van der Waals surface area contributed by atoms with Gasteiger partial charge < -0.3 is 0 Å². The summed E-state index contributed by atoms with van der Waals surface area (Å²) in [5.41, 5.74) is 2.82. The Hall–Kier alpha value is -0.830. The molecule has 2 heterocycles. The summed E-state index contributed by atoms with van der Waals surface area (Å²) in [6.07, 6.45) is 3.15. The molecule has 72 valence electrons. The van der Waals surface area contributed by atoms with Gasteiger partial charge in [0, 0.05) is 43.9 Å². The molecule has 0 saturated carbocycles. The van der Waals surface area contributed by atoms with Gasteiger partial charge in [-0.05, 0) is 13.8 Å². The van der Waals surface area contributed by atoms with Gasteiger partial charge in [0.1, 0.15) is 0 Å². The Morgan fingerprint density at radius 1 is 1.46 bits per heavy atom. The minimum atomic E-state index is 0.647. The molecule has 1 aliphatic heterocycles. The summed E-state index contributed by atoms with van der Waals surface area (Å²) >= 11 is 0. The highest BCUT2D eigenvalue weighted by molar-refractivity contribution is 5.20. The van der Waals surface area contributed by atoms with Crippen LogP contribution in [0.3, 0.4) is 0 Å². The van der Waals surface area contributed by atoms with Crippen molar-refractivity contribution >= 4 is 0 Å². The van der Waals surface area contributed by atoms with Crippen LogP contribution in [0, 0.1) is 0 Å². The largest absolute Gasteiger partial charge is 0.296 e. The minimum absolute atomic E-state index is 0.647. The van der Waals surface area contributed by atoms with Crippen molar-refractivity contribution in [3.63, 3.8) is 0 Å². The van der Waals surface area contributed by atoms with Crippen LogP contribution in [0.5, 0.6) is 0 Å². The molecule has 1 aromatic rings. The smallest absolute Gasteiger partial charge is 0.0537 e. The van der Waals surface area contributed by atoms with E-state index >= 15 is 0 Å². The van der Waals surface area contributed by atoms with Crippen LogP contribution in [-0.2, 0) is 20.0 Å².